The Labute approximate surface area is 151 Å². The number of aromatic nitrogens is 3. The van der Waals surface area contributed by atoms with E-state index < -0.39 is 0 Å². The van der Waals surface area contributed by atoms with Crippen molar-refractivity contribution in [1.82, 2.24) is 24.3 Å². The van der Waals surface area contributed by atoms with Crippen LogP contribution >= 0.6 is 11.3 Å². The molecule has 3 rings (SSSR count). The fourth-order valence-corrected chi connectivity index (χ4v) is 3.88. The van der Waals surface area contributed by atoms with Crippen molar-refractivity contribution in [2.45, 2.75) is 39.8 Å². The number of aryl methyl sites for hydroxylation is 3. The van der Waals surface area contributed by atoms with Crippen molar-refractivity contribution in [3.8, 4) is 0 Å². The molecule has 1 aliphatic heterocycles. The van der Waals surface area contributed by atoms with Crippen molar-refractivity contribution in [3.05, 3.63) is 33.3 Å². The summed E-state index contributed by atoms with van der Waals surface area (Å²) in [6.07, 6.45) is 1.20. The first kappa shape index (κ1) is 17.6. The van der Waals surface area contributed by atoms with E-state index in [1.165, 1.54) is 4.88 Å². The molecule has 0 unspecified atom stereocenters. The molecule has 0 saturated carbocycles. The zero-order valence-electron chi connectivity index (χ0n) is 15.1. The quantitative estimate of drug-likeness (QED) is 0.830. The van der Waals surface area contributed by atoms with Crippen molar-refractivity contribution < 1.29 is 9.59 Å². The Morgan fingerprint density at radius 2 is 2.00 bits per heavy atom. The molecule has 7 nitrogen and oxygen atoms in total. The van der Waals surface area contributed by atoms with Crippen LogP contribution in [0, 0.1) is 13.8 Å². The zero-order chi connectivity index (χ0) is 18.1. The van der Waals surface area contributed by atoms with Crippen LogP contribution in [0.2, 0.25) is 0 Å². The molecule has 2 amide bonds. The van der Waals surface area contributed by atoms with Crippen LogP contribution < -0.4 is 0 Å². The maximum absolute atomic E-state index is 12.5. The van der Waals surface area contributed by atoms with E-state index >= 15 is 0 Å². The van der Waals surface area contributed by atoms with E-state index in [1.807, 2.05) is 28.8 Å². The van der Waals surface area contributed by atoms with Gasteiger partial charge >= 0.3 is 0 Å². The van der Waals surface area contributed by atoms with Gasteiger partial charge in [-0.25, -0.2) is 9.97 Å². The first-order valence-corrected chi connectivity index (χ1v) is 9.20. The SMILES string of the molecule is Cc1ncsc1CCC(=O)N1CCn2c(nc(C)c2C(=O)N(C)C)C1. The first-order chi connectivity index (χ1) is 11.9. The molecule has 2 aromatic rings. The molecule has 0 aliphatic carbocycles. The highest BCUT2D eigenvalue weighted by Crippen LogP contribution is 2.20. The summed E-state index contributed by atoms with van der Waals surface area (Å²) in [5.41, 5.74) is 4.18. The van der Waals surface area contributed by atoms with Crippen molar-refractivity contribution in [2.75, 3.05) is 20.6 Å². The Hall–Kier alpha value is -2.22. The maximum atomic E-state index is 12.5. The normalized spacial score (nSPS) is 13.7. The molecule has 3 heterocycles. The van der Waals surface area contributed by atoms with E-state index in [0.717, 1.165) is 23.6 Å². The molecule has 0 N–H and O–H groups in total. The number of rotatable bonds is 4. The minimum Gasteiger partial charge on any atom is -0.343 e. The Morgan fingerprint density at radius 1 is 1.24 bits per heavy atom. The van der Waals surface area contributed by atoms with E-state index in [4.69, 9.17) is 0 Å². The van der Waals surface area contributed by atoms with Gasteiger partial charge in [0.05, 0.1) is 23.4 Å². The van der Waals surface area contributed by atoms with Crippen LogP contribution in [0.3, 0.4) is 0 Å². The lowest BCUT2D eigenvalue weighted by atomic mass is 10.2. The molecule has 0 bridgehead atoms. The number of amides is 2. The summed E-state index contributed by atoms with van der Waals surface area (Å²) in [6.45, 7) is 5.50. The minimum absolute atomic E-state index is 0.0447. The van der Waals surface area contributed by atoms with Gasteiger partial charge in [-0.3, -0.25) is 9.59 Å². The summed E-state index contributed by atoms with van der Waals surface area (Å²) < 4.78 is 1.95. The van der Waals surface area contributed by atoms with Crippen molar-refractivity contribution >= 4 is 23.2 Å². The summed E-state index contributed by atoms with van der Waals surface area (Å²) >= 11 is 1.60. The third-order valence-electron chi connectivity index (χ3n) is 4.52. The number of carbonyl (C=O) groups is 2. The molecule has 1 aliphatic rings. The van der Waals surface area contributed by atoms with Gasteiger partial charge in [0.25, 0.3) is 5.91 Å². The second-order valence-electron chi connectivity index (χ2n) is 6.49. The fourth-order valence-electron chi connectivity index (χ4n) is 3.10. The topological polar surface area (TPSA) is 71.3 Å². The molecule has 0 saturated heterocycles. The van der Waals surface area contributed by atoms with Gasteiger partial charge in [0, 0.05) is 38.5 Å². The van der Waals surface area contributed by atoms with E-state index in [9.17, 15) is 9.59 Å². The molecule has 8 heteroatoms. The average molecular weight is 361 g/mol. The number of thiazole rings is 1. The van der Waals surface area contributed by atoms with Crippen LogP contribution in [0.1, 0.15) is 39.0 Å². The van der Waals surface area contributed by atoms with E-state index in [1.54, 1.807) is 30.3 Å². The van der Waals surface area contributed by atoms with Gasteiger partial charge < -0.3 is 14.4 Å². The predicted molar refractivity (Wildman–Crippen MR) is 95.6 cm³/mol. The van der Waals surface area contributed by atoms with Gasteiger partial charge in [-0.1, -0.05) is 0 Å². The number of fused-ring (bicyclic) bond motifs is 1. The van der Waals surface area contributed by atoms with Crippen LogP contribution in [0.4, 0.5) is 0 Å². The first-order valence-electron chi connectivity index (χ1n) is 8.33. The standard InChI is InChI=1S/C17H23N5O2S/c1-11-13(25-10-18-11)5-6-15(23)21-7-8-22-14(9-21)19-12(2)16(22)17(24)20(3)4/h10H,5-9H2,1-4H3. The zero-order valence-corrected chi connectivity index (χ0v) is 15.9. The third kappa shape index (κ3) is 3.44. The lowest BCUT2D eigenvalue weighted by molar-refractivity contribution is -0.132. The van der Waals surface area contributed by atoms with Crippen LogP contribution in [-0.4, -0.2) is 56.8 Å². The van der Waals surface area contributed by atoms with E-state index in [0.29, 0.717) is 31.7 Å². The van der Waals surface area contributed by atoms with Crippen LogP contribution in [-0.2, 0) is 24.3 Å². The highest BCUT2D eigenvalue weighted by atomic mass is 32.1. The molecule has 0 aromatic carbocycles. The lowest BCUT2D eigenvalue weighted by Crippen LogP contribution is -2.39. The third-order valence-corrected chi connectivity index (χ3v) is 5.51. The van der Waals surface area contributed by atoms with Crippen LogP contribution in [0.15, 0.2) is 5.51 Å². The van der Waals surface area contributed by atoms with Gasteiger partial charge in [-0.2, -0.15) is 0 Å². The Morgan fingerprint density at radius 3 is 2.64 bits per heavy atom. The van der Waals surface area contributed by atoms with Gasteiger partial charge in [0.2, 0.25) is 5.91 Å². The largest absolute Gasteiger partial charge is 0.343 e. The van der Waals surface area contributed by atoms with Gasteiger partial charge in [0.15, 0.2) is 0 Å². The Bertz CT molecular complexity index is 808. The molecule has 0 spiro atoms. The molecule has 25 heavy (non-hydrogen) atoms. The highest BCUT2D eigenvalue weighted by Gasteiger charge is 2.28. The van der Waals surface area contributed by atoms with Crippen molar-refractivity contribution in [2.24, 2.45) is 0 Å². The lowest BCUT2D eigenvalue weighted by Gasteiger charge is -2.28. The summed E-state index contributed by atoms with van der Waals surface area (Å²) in [5.74, 6) is 0.869. The van der Waals surface area contributed by atoms with Crippen LogP contribution in [0.5, 0.6) is 0 Å². The number of nitrogens with zero attached hydrogens (tertiary/aromatic N) is 5. The monoisotopic (exact) mass is 361 g/mol. The second kappa shape index (κ2) is 6.95. The molecular formula is C17H23N5O2S. The van der Waals surface area contributed by atoms with Crippen molar-refractivity contribution in [3.63, 3.8) is 0 Å². The summed E-state index contributed by atoms with van der Waals surface area (Å²) in [4.78, 5) is 38.2. The minimum atomic E-state index is -0.0447. The van der Waals surface area contributed by atoms with Gasteiger partial charge in [0.1, 0.15) is 11.5 Å². The Balaban J connectivity index is 1.69. The molecular weight excluding hydrogens is 338 g/mol. The van der Waals surface area contributed by atoms with Crippen LogP contribution in [0.25, 0.3) is 0 Å². The predicted octanol–water partition coefficient (Wildman–Crippen LogP) is 1.63. The second-order valence-corrected chi connectivity index (χ2v) is 7.43. The summed E-state index contributed by atoms with van der Waals surface area (Å²) in [5, 5.41) is 0. The van der Waals surface area contributed by atoms with Gasteiger partial charge in [-0.05, 0) is 20.3 Å². The number of hydrogen-bond acceptors (Lipinski definition) is 5. The van der Waals surface area contributed by atoms with Crippen molar-refractivity contribution in [1.29, 1.82) is 0 Å². The fraction of sp³-hybridized carbons (Fsp3) is 0.529. The number of hydrogen-bond donors (Lipinski definition) is 0. The average Bonchev–Trinajstić information content (AvgIpc) is 3.13. The smallest absolute Gasteiger partial charge is 0.271 e. The maximum Gasteiger partial charge on any atom is 0.271 e. The Kier molecular flexibility index (Phi) is 4.89. The number of carbonyl (C=O) groups excluding carboxylic acids is 2. The molecule has 134 valence electrons. The van der Waals surface area contributed by atoms with Gasteiger partial charge in [-0.15, -0.1) is 11.3 Å². The highest BCUT2D eigenvalue weighted by molar-refractivity contribution is 7.09. The van der Waals surface area contributed by atoms with E-state index in [2.05, 4.69) is 9.97 Å². The molecule has 0 fully saturated rings. The van der Waals surface area contributed by atoms with E-state index in [-0.39, 0.29) is 11.8 Å². The molecule has 0 radical (unpaired) electrons. The summed E-state index contributed by atoms with van der Waals surface area (Å²) in [6, 6.07) is 0. The number of imidazole rings is 1. The summed E-state index contributed by atoms with van der Waals surface area (Å²) in [7, 11) is 3.48. The molecule has 0 atom stereocenters. The molecule has 2 aromatic heterocycles.